The topological polar surface area (TPSA) is 85.6 Å². The molecule has 0 unspecified atom stereocenters. The minimum atomic E-state index is -0.439. The van der Waals surface area contributed by atoms with Crippen LogP contribution >= 0.6 is 12.2 Å². The molecule has 3 aromatic carbocycles. The van der Waals surface area contributed by atoms with Gasteiger partial charge in [0, 0.05) is 11.3 Å². The Morgan fingerprint density at radius 1 is 1.03 bits per heavy atom. The van der Waals surface area contributed by atoms with Crippen LogP contribution in [0.5, 0.6) is 11.5 Å². The van der Waals surface area contributed by atoms with Gasteiger partial charge in [0.2, 0.25) is 5.89 Å². The van der Waals surface area contributed by atoms with Crippen LogP contribution in [0.25, 0.3) is 22.6 Å². The van der Waals surface area contributed by atoms with E-state index in [4.69, 9.17) is 26.1 Å². The SMILES string of the molecule is COc1cccc(OC)c1C(=O)NC(=S)Nc1cc(-c2nc3cc(C(C)C)ccc3o2)ccc1C. The lowest BCUT2D eigenvalue weighted by Crippen LogP contribution is -2.34. The number of oxazole rings is 1. The van der Waals surface area contributed by atoms with E-state index in [1.165, 1.54) is 19.8 Å². The number of carbonyl (C=O) groups excluding carboxylic acids is 1. The standard InChI is InChI=1S/C27H27N3O4S/c1-15(2)17-11-12-21-20(13-17)28-26(34-21)18-10-9-16(3)19(14-18)29-27(35)30-25(31)24-22(32-4)7-6-8-23(24)33-5/h6-15H,1-5H3,(H2,29,30,31,35). The van der Waals surface area contributed by atoms with E-state index in [-0.39, 0.29) is 10.7 Å². The number of amides is 1. The maximum absolute atomic E-state index is 12.9. The van der Waals surface area contributed by atoms with Crippen LogP contribution in [0.15, 0.2) is 59.0 Å². The van der Waals surface area contributed by atoms with Gasteiger partial charge in [-0.05, 0) is 72.6 Å². The first-order valence-electron chi connectivity index (χ1n) is 11.2. The van der Waals surface area contributed by atoms with Gasteiger partial charge < -0.3 is 19.2 Å². The Morgan fingerprint density at radius 2 is 1.74 bits per heavy atom. The average molecular weight is 490 g/mol. The Balaban J connectivity index is 1.56. The minimum Gasteiger partial charge on any atom is -0.496 e. The van der Waals surface area contributed by atoms with Crippen molar-refractivity contribution in [3.8, 4) is 23.0 Å². The quantitative estimate of drug-likeness (QED) is 0.318. The molecule has 0 radical (unpaired) electrons. The number of thiocarbonyl (C=S) groups is 1. The summed E-state index contributed by atoms with van der Waals surface area (Å²) in [4.78, 5) is 17.6. The number of aryl methyl sites for hydroxylation is 1. The van der Waals surface area contributed by atoms with E-state index in [0.717, 1.165) is 27.9 Å². The van der Waals surface area contributed by atoms with Gasteiger partial charge in [-0.1, -0.05) is 32.0 Å². The van der Waals surface area contributed by atoms with Crippen LogP contribution in [-0.2, 0) is 0 Å². The zero-order valence-electron chi connectivity index (χ0n) is 20.3. The number of benzene rings is 3. The van der Waals surface area contributed by atoms with E-state index in [9.17, 15) is 4.79 Å². The fourth-order valence-corrected chi connectivity index (χ4v) is 3.91. The van der Waals surface area contributed by atoms with Gasteiger partial charge in [-0.3, -0.25) is 10.1 Å². The van der Waals surface area contributed by atoms with Crippen LogP contribution in [0.1, 0.15) is 41.3 Å². The van der Waals surface area contributed by atoms with E-state index < -0.39 is 5.91 Å². The molecule has 1 heterocycles. The highest BCUT2D eigenvalue weighted by molar-refractivity contribution is 7.80. The number of fused-ring (bicyclic) bond motifs is 1. The molecule has 0 atom stereocenters. The number of hydrogen-bond acceptors (Lipinski definition) is 6. The molecule has 1 amide bonds. The van der Waals surface area contributed by atoms with Gasteiger partial charge in [0.05, 0.1) is 14.2 Å². The molecular formula is C27H27N3O4S. The summed E-state index contributed by atoms with van der Waals surface area (Å²) in [5.41, 5.74) is 5.47. The number of anilines is 1. The molecule has 7 nitrogen and oxygen atoms in total. The lowest BCUT2D eigenvalue weighted by molar-refractivity contribution is 0.0971. The fourth-order valence-electron chi connectivity index (χ4n) is 3.71. The lowest BCUT2D eigenvalue weighted by Gasteiger charge is -2.15. The summed E-state index contributed by atoms with van der Waals surface area (Å²) in [6.45, 7) is 6.23. The summed E-state index contributed by atoms with van der Waals surface area (Å²) in [7, 11) is 2.99. The molecule has 0 bridgehead atoms. The molecule has 8 heteroatoms. The highest BCUT2D eigenvalue weighted by Gasteiger charge is 2.19. The smallest absolute Gasteiger partial charge is 0.264 e. The molecule has 35 heavy (non-hydrogen) atoms. The van der Waals surface area contributed by atoms with Crippen LogP contribution in [0.4, 0.5) is 5.69 Å². The second-order valence-electron chi connectivity index (χ2n) is 8.38. The molecule has 0 saturated heterocycles. The number of hydrogen-bond donors (Lipinski definition) is 2. The summed E-state index contributed by atoms with van der Waals surface area (Å²) in [5.74, 6) is 1.25. The van der Waals surface area contributed by atoms with Crippen LogP contribution in [0, 0.1) is 6.92 Å². The Bertz CT molecular complexity index is 1390. The molecule has 0 aliphatic rings. The minimum absolute atomic E-state index is 0.141. The molecule has 4 rings (SSSR count). The second-order valence-corrected chi connectivity index (χ2v) is 8.78. The van der Waals surface area contributed by atoms with Gasteiger partial charge in [0.15, 0.2) is 10.7 Å². The number of aromatic nitrogens is 1. The maximum Gasteiger partial charge on any atom is 0.264 e. The van der Waals surface area contributed by atoms with E-state index in [2.05, 4.69) is 41.6 Å². The summed E-state index contributed by atoms with van der Waals surface area (Å²) >= 11 is 5.42. The van der Waals surface area contributed by atoms with Gasteiger partial charge in [-0.2, -0.15) is 0 Å². The predicted molar refractivity (Wildman–Crippen MR) is 142 cm³/mol. The molecule has 0 aliphatic carbocycles. The Morgan fingerprint density at radius 3 is 2.40 bits per heavy atom. The molecule has 0 aliphatic heterocycles. The van der Waals surface area contributed by atoms with Crippen LogP contribution in [0.3, 0.4) is 0 Å². The van der Waals surface area contributed by atoms with Crippen molar-refractivity contribution in [2.45, 2.75) is 26.7 Å². The summed E-state index contributed by atoms with van der Waals surface area (Å²) < 4.78 is 16.6. The van der Waals surface area contributed by atoms with Crippen LogP contribution in [0.2, 0.25) is 0 Å². The maximum atomic E-state index is 12.9. The van der Waals surface area contributed by atoms with Crippen molar-refractivity contribution in [3.63, 3.8) is 0 Å². The van der Waals surface area contributed by atoms with E-state index in [1.807, 2.05) is 31.2 Å². The highest BCUT2D eigenvalue weighted by Crippen LogP contribution is 2.30. The fraction of sp³-hybridized carbons (Fsp3) is 0.222. The zero-order valence-corrected chi connectivity index (χ0v) is 21.1. The normalized spacial score (nSPS) is 10.9. The Labute approximate surface area is 209 Å². The summed E-state index contributed by atoms with van der Waals surface area (Å²) in [6, 6.07) is 17.0. The van der Waals surface area contributed by atoms with Gasteiger partial charge >= 0.3 is 0 Å². The molecule has 2 N–H and O–H groups in total. The third kappa shape index (κ3) is 5.12. The molecule has 180 valence electrons. The van der Waals surface area contributed by atoms with Gasteiger partial charge in [0.1, 0.15) is 22.6 Å². The monoisotopic (exact) mass is 489 g/mol. The summed E-state index contributed by atoms with van der Waals surface area (Å²) in [6.07, 6.45) is 0. The number of carbonyl (C=O) groups is 1. The average Bonchev–Trinajstić information content (AvgIpc) is 3.28. The molecule has 0 spiro atoms. The van der Waals surface area contributed by atoms with Crippen molar-refractivity contribution in [2.75, 3.05) is 19.5 Å². The first-order valence-corrected chi connectivity index (χ1v) is 11.6. The first kappa shape index (κ1) is 24.2. The van der Waals surface area contributed by atoms with Gasteiger partial charge in [-0.15, -0.1) is 0 Å². The van der Waals surface area contributed by atoms with Crippen molar-refractivity contribution in [3.05, 3.63) is 71.3 Å². The number of rotatable bonds is 6. The number of methoxy groups -OCH3 is 2. The lowest BCUT2D eigenvalue weighted by atomic mass is 10.0. The highest BCUT2D eigenvalue weighted by atomic mass is 32.1. The van der Waals surface area contributed by atoms with Crippen molar-refractivity contribution in [1.29, 1.82) is 0 Å². The number of ether oxygens (including phenoxy) is 2. The van der Waals surface area contributed by atoms with E-state index in [0.29, 0.717) is 23.3 Å². The van der Waals surface area contributed by atoms with Crippen molar-refractivity contribution in [2.24, 2.45) is 0 Å². The predicted octanol–water partition coefficient (Wildman–Crippen LogP) is 6.07. The van der Waals surface area contributed by atoms with Gasteiger partial charge in [-0.25, -0.2) is 4.98 Å². The second kappa shape index (κ2) is 10.1. The molecule has 1 aromatic heterocycles. The molecule has 0 saturated carbocycles. The van der Waals surface area contributed by atoms with E-state index in [1.54, 1.807) is 18.2 Å². The van der Waals surface area contributed by atoms with Gasteiger partial charge in [0.25, 0.3) is 5.91 Å². The third-order valence-corrected chi connectivity index (χ3v) is 5.90. The molecule has 0 fully saturated rings. The Hall–Kier alpha value is -3.91. The first-order chi connectivity index (χ1) is 16.8. The van der Waals surface area contributed by atoms with Crippen molar-refractivity contribution < 1.29 is 18.7 Å². The van der Waals surface area contributed by atoms with Crippen molar-refractivity contribution >= 4 is 40.0 Å². The zero-order chi connectivity index (χ0) is 25.1. The van der Waals surface area contributed by atoms with Crippen LogP contribution in [-0.4, -0.2) is 30.2 Å². The Kier molecular flexibility index (Phi) is 7.02. The number of nitrogens with zero attached hydrogens (tertiary/aromatic N) is 1. The summed E-state index contributed by atoms with van der Waals surface area (Å²) in [5, 5.41) is 5.94. The van der Waals surface area contributed by atoms with Crippen LogP contribution < -0.4 is 20.1 Å². The van der Waals surface area contributed by atoms with Crippen molar-refractivity contribution in [1.82, 2.24) is 10.3 Å². The largest absolute Gasteiger partial charge is 0.496 e. The van der Waals surface area contributed by atoms with E-state index >= 15 is 0 Å². The third-order valence-electron chi connectivity index (χ3n) is 5.69. The molecular weight excluding hydrogens is 462 g/mol. The number of nitrogens with one attached hydrogen (secondary N) is 2. The molecule has 4 aromatic rings.